The molecule has 1 atom stereocenters. The first-order chi connectivity index (χ1) is 8.03. The average Bonchev–Trinajstić information content (AvgIpc) is 2.83. The van der Waals surface area contributed by atoms with Gasteiger partial charge < -0.3 is 5.73 Å². The Morgan fingerprint density at radius 1 is 1.12 bits per heavy atom. The second kappa shape index (κ2) is 5.17. The van der Waals surface area contributed by atoms with Crippen LogP contribution >= 0.6 is 12.2 Å². The van der Waals surface area contributed by atoms with Gasteiger partial charge in [-0.15, -0.1) is 0 Å². The molecule has 0 spiro atoms. The highest BCUT2D eigenvalue weighted by Gasteiger charge is 2.38. The van der Waals surface area contributed by atoms with Crippen LogP contribution in [-0.2, 0) is 10.2 Å². The molecule has 5 nitrogen and oxygen atoms in total. The van der Waals surface area contributed by atoms with Crippen molar-refractivity contribution in [1.82, 2.24) is 8.61 Å². The van der Waals surface area contributed by atoms with E-state index in [0.717, 1.165) is 32.1 Å². The van der Waals surface area contributed by atoms with E-state index in [2.05, 4.69) is 0 Å². The summed E-state index contributed by atoms with van der Waals surface area (Å²) in [5.74, 6) is 0. The molecule has 2 N–H and O–H groups in total. The molecule has 1 unspecified atom stereocenters. The predicted octanol–water partition coefficient (Wildman–Crippen LogP) is 0.468. The Kier molecular flexibility index (Phi) is 4.02. The molecule has 0 bridgehead atoms. The van der Waals surface area contributed by atoms with E-state index in [1.165, 1.54) is 4.31 Å². The van der Waals surface area contributed by atoms with Gasteiger partial charge in [0.1, 0.15) is 0 Å². The normalized spacial score (nSPS) is 28.4. The fourth-order valence-electron chi connectivity index (χ4n) is 2.53. The minimum atomic E-state index is -3.36. The summed E-state index contributed by atoms with van der Waals surface area (Å²) in [6, 6.07) is -0.288. The summed E-state index contributed by atoms with van der Waals surface area (Å²) in [5, 5.41) is 0. The van der Waals surface area contributed by atoms with E-state index in [-0.39, 0.29) is 6.04 Å². The van der Waals surface area contributed by atoms with E-state index in [9.17, 15) is 8.42 Å². The lowest BCUT2D eigenvalue weighted by Crippen LogP contribution is -2.53. The van der Waals surface area contributed by atoms with Crippen LogP contribution in [0.4, 0.5) is 0 Å². The van der Waals surface area contributed by atoms with Gasteiger partial charge in [0.25, 0.3) is 10.2 Å². The van der Waals surface area contributed by atoms with Gasteiger partial charge in [-0.3, -0.25) is 0 Å². The highest BCUT2D eigenvalue weighted by molar-refractivity contribution is 7.87. The number of hydrogen-bond donors (Lipinski definition) is 1. The van der Waals surface area contributed by atoms with Crippen LogP contribution in [0.2, 0.25) is 0 Å². The van der Waals surface area contributed by atoms with Crippen molar-refractivity contribution in [3.63, 3.8) is 0 Å². The third-order valence-corrected chi connectivity index (χ3v) is 5.79. The van der Waals surface area contributed by atoms with Gasteiger partial charge in [-0.1, -0.05) is 18.6 Å². The van der Waals surface area contributed by atoms with Gasteiger partial charge in [-0.05, 0) is 25.7 Å². The fraction of sp³-hybridized carbons (Fsp3) is 0.900. The minimum absolute atomic E-state index is 0.288. The summed E-state index contributed by atoms with van der Waals surface area (Å²) in [6.07, 6.45) is 4.54. The van der Waals surface area contributed by atoms with Gasteiger partial charge in [0.05, 0.1) is 11.0 Å². The van der Waals surface area contributed by atoms with E-state index in [1.807, 2.05) is 0 Å². The van der Waals surface area contributed by atoms with Gasteiger partial charge in [-0.25, -0.2) is 0 Å². The SMILES string of the molecule is NC(=S)C1CCCCN1S(=O)(=O)N1CCCC1. The molecule has 0 amide bonds. The average molecular weight is 277 g/mol. The van der Waals surface area contributed by atoms with Gasteiger partial charge >= 0.3 is 0 Å². The molecule has 0 aromatic rings. The van der Waals surface area contributed by atoms with E-state index < -0.39 is 10.2 Å². The highest BCUT2D eigenvalue weighted by Crippen LogP contribution is 2.25. The maximum atomic E-state index is 12.4. The molecule has 0 aromatic heterocycles. The Labute approximate surface area is 108 Å². The van der Waals surface area contributed by atoms with Crippen molar-refractivity contribution in [3.8, 4) is 0 Å². The highest BCUT2D eigenvalue weighted by atomic mass is 32.2. The lowest BCUT2D eigenvalue weighted by Gasteiger charge is -2.36. The molecule has 2 rings (SSSR count). The van der Waals surface area contributed by atoms with E-state index in [4.69, 9.17) is 18.0 Å². The maximum absolute atomic E-state index is 12.4. The Balaban J connectivity index is 2.20. The van der Waals surface area contributed by atoms with E-state index in [1.54, 1.807) is 4.31 Å². The van der Waals surface area contributed by atoms with Crippen molar-refractivity contribution < 1.29 is 8.42 Å². The molecule has 0 aliphatic carbocycles. The topological polar surface area (TPSA) is 66.6 Å². The number of nitrogens with two attached hydrogens (primary N) is 1. The van der Waals surface area contributed by atoms with Crippen LogP contribution in [0.3, 0.4) is 0 Å². The van der Waals surface area contributed by atoms with Crippen molar-refractivity contribution in [2.24, 2.45) is 5.73 Å². The van der Waals surface area contributed by atoms with Crippen LogP contribution in [0.15, 0.2) is 0 Å². The molecule has 2 heterocycles. The number of rotatable bonds is 3. The standard InChI is InChI=1S/C10H19N3O2S2/c11-10(16)9-5-1-2-8-13(9)17(14,15)12-6-3-4-7-12/h9H,1-8H2,(H2,11,16). The molecular formula is C10H19N3O2S2. The van der Waals surface area contributed by atoms with E-state index in [0.29, 0.717) is 24.6 Å². The van der Waals surface area contributed by atoms with Crippen molar-refractivity contribution in [1.29, 1.82) is 0 Å². The van der Waals surface area contributed by atoms with Gasteiger partial charge in [0.15, 0.2) is 0 Å². The Bertz CT molecular complexity index is 390. The van der Waals surface area contributed by atoms with Gasteiger partial charge in [0.2, 0.25) is 0 Å². The summed E-state index contributed by atoms with van der Waals surface area (Å²) in [4.78, 5) is 0.299. The molecular weight excluding hydrogens is 258 g/mol. The van der Waals surface area contributed by atoms with Crippen LogP contribution < -0.4 is 5.73 Å². The molecule has 2 saturated heterocycles. The molecule has 0 aromatic carbocycles. The van der Waals surface area contributed by atoms with Crippen LogP contribution in [0.1, 0.15) is 32.1 Å². The van der Waals surface area contributed by atoms with Crippen LogP contribution in [-0.4, -0.2) is 47.7 Å². The zero-order valence-corrected chi connectivity index (χ0v) is 11.5. The van der Waals surface area contributed by atoms with Crippen molar-refractivity contribution >= 4 is 27.4 Å². The molecule has 0 radical (unpaired) electrons. The van der Waals surface area contributed by atoms with E-state index >= 15 is 0 Å². The monoisotopic (exact) mass is 277 g/mol. The molecule has 2 aliphatic heterocycles. The quantitative estimate of drug-likeness (QED) is 0.762. The third kappa shape index (κ3) is 2.62. The molecule has 7 heteroatoms. The van der Waals surface area contributed by atoms with Crippen molar-refractivity contribution in [2.75, 3.05) is 19.6 Å². The molecule has 2 aliphatic rings. The Morgan fingerprint density at radius 2 is 1.71 bits per heavy atom. The Hall–Kier alpha value is -0.240. The van der Waals surface area contributed by atoms with Crippen LogP contribution in [0.25, 0.3) is 0 Å². The van der Waals surface area contributed by atoms with Crippen molar-refractivity contribution in [2.45, 2.75) is 38.1 Å². The van der Waals surface area contributed by atoms with Crippen molar-refractivity contribution in [3.05, 3.63) is 0 Å². The summed E-state index contributed by atoms with van der Waals surface area (Å²) >= 11 is 4.99. The van der Waals surface area contributed by atoms with Crippen LogP contribution in [0.5, 0.6) is 0 Å². The summed E-state index contributed by atoms with van der Waals surface area (Å²) in [5.41, 5.74) is 5.66. The zero-order chi connectivity index (χ0) is 12.5. The first-order valence-corrected chi connectivity index (χ1v) is 7.90. The summed E-state index contributed by atoms with van der Waals surface area (Å²) < 4.78 is 27.9. The first-order valence-electron chi connectivity index (χ1n) is 6.10. The lowest BCUT2D eigenvalue weighted by molar-refractivity contribution is 0.283. The minimum Gasteiger partial charge on any atom is -0.392 e. The number of hydrogen-bond acceptors (Lipinski definition) is 3. The number of thiocarbonyl (C=S) groups is 1. The second-order valence-electron chi connectivity index (χ2n) is 4.64. The zero-order valence-electron chi connectivity index (χ0n) is 9.84. The Morgan fingerprint density at radius 3 is 2.29 bits per heavy atom. The fourth-order valence-corrected chi connectivity index (χ4v) is 4.76. The third-order valence-electron chi connectivity index (χ3n) is 3.47. The van der Waals surface area contributed by atoms with Gasteiger partial charge in [0, 0.05) is 19.6 Å². The summed E-state index contributed by atoms with van der Waals surface area (Å²) in [6.45, 7) is 1.80. The summed E-state index contributed by atoms with van der Waals surface area (Å²) in [7, 11) is -3.36. The molecule has 17 heavy (non-hydrogen) atoms. The van der Waals surface area contributed by atoms with Gasteiger partial charge in [-0.2, -0.15) is 17.0 Å². The first kappa shape index (κ1) is 13.2. The predicted molar refractivity (Wildman–Crippen MR) is 70.9 cm³/mol. The lowest BCUT2D eigenvalue weighted by atomic mass is 10.1. The number of nitrogens with zero attached hydrogens (tertiary/aromatic N) is 2. The second-order valence-corrected chi connectivity index (χ2v) is 6.99. The molecule has 98 valence electrons. The maximum Gasteiger partial charge on any atom is 0.282 e. The largest absolute Gasteiger partial charge is 0.392 e. The van der Waals surface area contributed by atoms with Crippen LogP contribution in [0, 0.1) is 0 Å². The number of piperidine rings is 1. The smallest absolute Gasteiger partial charge is 0.282 e. The molecule has 2 fully saturated rings. The molecule has 0 saturated carbocycles.